The van der Waals surface area contributed by atoms with Crippen molar-refractivity contribution in [3.05, 3.63) is 23.8 Å². The van der Waals surface area contributed by atoms with Crippen molar-refractivity contribution in [1.82, 2.24) is 15.1 Å². The summed E-state index contributed by atoms with van der Waals surface area (Å²) in [6.45, 7) is 11.7. The molecule has 0 aromatic heterocycles. The Morgan fingerprint density at radius 1 is 1.17 bits per heavy atom. The number of fused-ring (bicyclic) bond motifs is 1. The Morgan fingerprint density at radius 2 is 1.86 bits per heavy atom. The third-order valence-corrected chi connectivity index (χ3v) is 6.92. The fourth-order valence-electron chi connectivity index (χ4n) is 3.31. The fraction of sp³-hybridized carbons (Fsp3) is 0.650. The minimum Gasteiger partial charge on any atom is -0.454 e. The van der Waals surface area contributed by atoms with Gasteiger partial charge in [0.05, 0.1) is 0 Å². The molecule has 0 aliphatic carbocycles. The lowest BCUT2D eigenvalue weighted by Crippen LogP contribution is -2.52. The van der Waals surface area contributed by atoms with Crippen LogP contribution in [-0.4, -0.2) is 77.0 Å². The van der Waals surface area contributed by atoms with E-state index in [1.165, 1.54) is 5.56 Å². The van der Waals surface area contributed by atoms with Gasteiger partial charge in [-0.05, 0) is 38.5 Å². The van der Waals surface area contributed by atoms with Crippen molar-refractivity contribution in [3.8, 4) is 11.5 Å². The van der Waals surface area contributed by atoms with E-state index in [1.54, 1.807) is 0 Å². The lowest BCUT2D eigenvalue weighted by molar-refractivity contribution is 0.171. The molecule has 1 atom stereocenters. The van der Waals surface area contributed by atoms with Crippen LogP contribution in [0.2, 0.25) is 0 Å². The van der Waals surface area contributed by atoms with Gasteiger partial charge in [-0.2, -0.15) is 0 Å². The number of nitrogens with zero attached hydrogens (tertiary/aromatic N) is 3. The van der Waals surface area contributed by atoms with Crippen LogP contribution in [0.3, 0.4) is 0 Å². The summed E-state index contributed by atoms with van der Waals surface area (Å²) in [5.41, 5.74) is 1.24. The molecular formula is C20H33IN4O3S. The van der Waals surface area contributed by atoms with Gasteiger partial charge in [0.15, 0.2) is 17.5 Å². The molecule has 1 N–H and O–H groups in total. The van der Waals surface area contributed by atoms with E-state index in [-0.39, 0.29) is 28.7 Å². The Balaban J connectivity index is 0.00000300. The van der Waals surface area contributed by atoms with Crippen molar-refractivity contribution in [2.75, 3.05) is 52.3 Å². The number of benzene rings is 1. The number of hydrogen-bond donors (Lipinski definition) is 1. The van der Waals surface area contributed by atoms with E-state index in [9.17, 15) is 4.21 Å². The quantitative estimate of drug-likeness (QED) is 0.354. The predicted molar refractivity (Wildman–Crippen MR) is 129 cm³/mol. The highest BCUT2D eigenvalue weighted by Gasteiger charge is 2.22. The Hall–Kier alpha value is -1.07. The zero-order chi connectivity index (χ0) is 20.1. The van der Waals surface area contributed by atoms with Gasteiger partial charge in [0, 0.05) is 67.6 Å². The molecule has 29 heavy (non-hydrogen) atoms. The first-order valence-corrected chi connectivity index (χ1v) is 11.1. The predicted octanol–water partition coefficient (Wildman–Crippen LogP) is 2.27. The average Bonchev–Trinajstić information content (AvgIpc) is 3.13. The summed E-state index contributed by atoms with van der Waals surface area (Å²) in [6.07, 6.45) is 0. The van der Waals surface area contributed by atoms with E-state index in [0.717, 1.165) is 50.2 Å². The maximum atomic E-state index is 12.2. The number of guanidine groups is 1. The largest absolute Gasteiger partial charge is 0.454 e. The van der Waals surface area contributed by atoms with Crippen LogP contribution in [0.25, 0.3) is 0 Å². The molecule has 1 saturated heterocycles. The topological polar surface area (TPSA) is 66.4 Å². The van der Waals surface area contributed by atoms with Gasteiger partial charge in [-0.3, -0.25) is 14.1 Å². The fourth-order valence-corrected chi connectivity index (χ4v) is 4.21. The summed E-state index contributed by atoms with van der Waals surface area (Å²) in [5, 5.41) is 3.37. The second-order valence-electron chi connectivity index (χ2n) is 8.09. The number of rotatable bonds is 5. The van der Waals surface area contributed by atoms with E-state index >= 15 is 0 Å². The molecule has 1 aromatic carbocycles. The van der Waals surface area contributed by atoms with Crippen LogP contribution in [0.5, 0.6) is 11.5 Å². The molecule has 1 unspecified atom stereocenters. The van der Waals surface area contributed by atoms with E-state index in [1.807, 2.05) is 33.9 Å². The van der Waals surface area contributed by atoms with Gasteiger partial charge in [-0.25, -0.2) is 0 Å². The normalized spacial score (nSPS) is 18.3. The third kappa shape index (κ3) is 6.71. The first-order valence-electron chi connectivity index (χ1n) is 9.82. The summed E-state index contributed by atoms with van der Waals surface area (Å²) in [7, 11) is 0.955. The molecule has 7 nitrogen and oxygen atoms in total. The summed E-state index contributed by atoms with van der Waals surface area (Å²) in [4.78, 5) is 9.12. The highest BCUT2D eigenvalue weighted by Crippen LogP contribution is 2.32. The van der Waals surface area contributed by atoms with Crippen molar-refractivity contribution in [2.45, 2.75) is 32.1 Å². The Labute approximate surface area is 193 Å². The minimum atomic E-state index is -0.853. The van der Waals surface area contributed by atoms with Crippen LogP contribution < -0.4 is 14.8 Å². The van der Waals surface area contributed by atoms with Crippen LogP contribution in [-0.2, 0) is 17.3 Å². The molecule has 0 bridgehead atoms. The van der Waals surface area contributed by atoms with Crippen LogP contribution in [0.1, 0.15) is 26.3 Å². The standard InChI is InChI=1S/C20H32N4O3S.HI/c1-20(2,3)28(25)12-7-22-19(21-4)24-10-8-23(9-11-24)14-16-5-6-17-18(13-16)27-15-26-17;/h5-6,13H,7-12,14-15H2,1-4H3,(H,21,22);1H. The van der Waals surface area contributed by atoms with Gasteiger partial charge in [-0.15, -0.1) is 24.0 Å². The summed E-state index contributed by atoms with van der Waals surface area (Å²) < 4.78 is 22.9. The SMILES string of the molecule is CN=C(NCCS(=O)C(C)(C)C)N1CCN(Cc2ccc3c(c2)OCO3)CC1.I. The van der Waals surface area contributed by atoms with Crippen LogP contribution >= 0.6 is 24.0 Å². The third-order valence-electron chi connectivity index (χ3n) is 4.98. The van der Waals surface area contributed by atoms with E-state index < -0.39 is 10.8 Å². The minimum absolute atomic E-state index is 0. The summed E-state index contributed by atoms with van der Waals surface area (Å²) >= 11 is 0. The number of halogens is 1. The molecule has 1 aromatic rings. The van der Waals surface area contributed by atoms with E-state index in [0.29, 0.717) is 19.1 Å². The zero-order valence-electron chi connectivity index (χ0n) is 17.8. The Kier molecular flexibility index (Phi) is 9.02. The van der Waals surface area contributed by atoms with Crippen molar-refractivity contribution in [2.24, 2.45) is 4.99 Å². The number of piperazine rings is 1. The van der Waals surface area contributed by atoms with E-state index in [2.05, 4.69) is 32.2 Å². The second kappa shape index (κ2) is 10.8. The van der Waals surface area contributed by atoms with Gasteiger partial charge in [0.2, 0.25) is 6.79 Å². The summed E-state index contributed by atoms with van der Waals surface area (Å²) in [6, 6.07) is 6.17. The monoisotopic (exact) mass is 536 g/mol. The molecule has 164 valence electrons. The van der Waals surface area contributed by atoms with Crippen molar-refractivity contribution in [1.29, 1.82) is 0 Å². The molecule has 1 fully saturated rings. The molecule has 2 aliphatic heterocycles. The maximum Gasteiger partial charge on any atom is 0.231 e. The van der Waals surface area contributed by atoms with Crippen molar-refractivity contribution >= 4 is 40.7 Å². The number of nitrogens with one attached hydrogen (secondary N) is 1. The molecule has 2 heterocycles. The highest BCUT2D eigenvalue weighted by atomic mass is 127. The molecular weight excluding hydrogens is 503 g/mol. The Bertz CT molecular complexity index is 731. The first-order chi connectivity index (χ1) is 13.4. The van der Waals surface area contributed by atoms with Gasteiger partial charge < -0.3 is 19.7 Å². The summed E-state index contributed by atoms with van der Waals surface area (Å²) in [5.74, 6) is 3.20. The second-order valence-corrected chi connectivity index (χ2v) is 10.4. The molecule has 9 heteroatoms. The average molecular weight is 536 g/mol. The van der Waals surface area contributed by atoms with Crippen molar-refractivity contribution in [3.63, 3.8) is 0 Å². The van der Waals surface area contributed by atoms with Gasteiger partial charge in [0.1, 0.15) is 0 Å². The van der Waals surface area contributed by atoms with Crippen molar-refractivity contribution < 1.29 is 13.7 Å². The van der Waals surface area contributed by atoms with E-state index in [4.69, 9.17) is 9.47 Å². The highest BCUT2D eigenvalue weighted by molar-refractivity contribution is 14.0. The van der Waals surface area contributed by atoms with Crippen LogP contribution in [0, 0.1) is 0 Å². The molecule has 0 radical (unpaired) electrons. The Morgan fingerprint density at radius 3 is 2.52 bits per heavy atom. The molecule has 2 aliphatic rings. The van der Waals surface area contributed by atoms with Crippen LogP contribution in [0.15, 0.2) is 23.2 Å². The smallest absolute Gasteiger partial charge is 0.231 e. The lowest BCUT2D eigenvalue weighted by atomic mass is 10.1. The molecule has 0 amide bonds. The van der Waals surface area contributed by atoms with Gasteiger partial charge in [0.25, 0.3) is 0 Å². The first kappa shape index (κ1) is 24.2. The maximum absolute atomic E-state index is 12.2. The van der Waals surface area contributed by atoms with Gasteiger partial charge in [-0.1, -0.05) is 6.07 Å². The lowest BCUT2D eigenvalue weighted by Gasteiger charge is -2.36. The molecule has 0 spiro atoms. The van der Waals surface area contributed by atoms with Crippen LogP contribution in [0.4, 0.5) is 0 Å². The molecule has 3 rings (SSSR count). The number of aliphatic imine (C=N–C) groups is 1. The zero-order valence-corrected chi connectivity index (χ0v) is 20.9. The number of hydrogen-bond acceptors (Lipinski definition) is 5. The number of ether oxygens (including phenoxy) is 2. The molecule has 0 saturated carbocycles. The van der Waals surface area contributed by atoms with Gasteiger partial charge >= 0.3 is 0 Å².